The van der Waals surface area contributed by atoms with E-state index in [-0.39, 0.29) is 0 Å². The predicted octanol–water partition coefficient (Wildman–Crippen LogP) is 1.22. The van der Waals surface area contributed by atoms with E-state index in [0.29, 0.717) is 6.54 Å². The van der Waals surface area contributed by atoms with Crippen LogP contribution in [0.15, 0.2) is 24.4 Å². The summed E-state index contributed by atoms with van der Waals surface area (Å²) in [5, 5.41) is 0. The molecule has 5 heteroatoms. The van der Waals surface area contributed by atoms with Crippen LogP contribution in [-0.4, -0.2) is 54.6 Å². The van der Waals surface area contributed by atoms with Gasteiger partial charge in [0, 0.05) is 32.8 Å². The maximum absolute atomic E-state index is 5.80. The van der Waals surface area contributed by atoms with Crippen LogP contribution in [0.4, 0.5) is 5.82 Å². The molecular formula is C16H25N5. The molecule has 1 aliphatic heterocycles. The molecule has 0 amide bonds. The first-order chi connectivity index (χ1) is 10.2. The molecule has 0 saturated carbocycles. The Kier molecular flexibility index (Phi) is 4.12. The molecule has 0 aromatic carbocycles. The van der Waals surface area contributed by atoms with E-state index in [4.69, 9.17) is 10.7 Å². The average molecular weight is 287 g/mol. The Hall–Kier alpha value is -1.59. The monoisotopic (exact) mass is 287 g/mol. The molecular weight excluding hydrogens is 262 g/mol. The van der Waals surface area contributed by atoms with Gasteiger partial charge >= 0.3 is 0 Å². The zero-order chi connectivity index (χ0) is 14.8. The molecule has 0 radical (unpaired) electrons. The first kappa shape index (κ1) is 14.4. The van der Waals surface area contributed by atoms with Crippen molar-refractivity contribution >= 4 is 11.5 Å². The minimum absolute atomic E-state index is 0.649. The number of likely N-dealkylation sites (tertiary alicyclic amines) is 1. The molecule has 1 atom stereocenters. The number of fused-ring (bicyclic) bond motifs is 1. The molecule has 21 heavy (non-hydrogen) atoms. The number of nitrogens with two attached hydrogens (primary N) is 1. The number of rotatable bonds is 5. The molecule has 1 saturated heterocycles. The summed E-state index contributed by atoms with van der Waals surface area (Å²) in [7, 11) is 4.35. The van der Waals surface area contributed by atoms with Gasteiger partial charge in [-0.05, 0) is 44.6 Å². The summed E-state index contributed by atoms with van der Waals surface area (Å²) in [6, 6.07) is 6.13. The third-order valence-corrected chi connectivity index (χ3v) is 4.37. The van der Waals surface area contributed by atoms with Crippen LogP contribution in [0, 0.1) is 5.92 Å². The topological polar surface area (TPSA) is 49.8 Å². The molecule has 0 spiro atoms. The van der Waals surface area contributed by atoms with E-state index in [1.54, 1.807) is 0 Å². The van der Waals surface area contributed by atoms with Gasteiger partial charge in [0.2, 0.25) is 0 Å². The smallest absolute Gasteiger partial charge is 0.150 e. The highest BCUT2D eigenvalue weighted by Gasteiger charge is 2.23. The summed E-state index contributed by atoms with van der Waals surface area (Å²) < 4.78 is 2.17. The molecule has 3 heterocycles. The molecule has 0 aliphatic carbocycles. The van der Waals surface area contributed by atoms with Crippen LogP contribution in [0.25, 0.3) is 5.65 Å². The summed E-state index contributed by atoms with van der Waals surface area (Å²) in [6.45, 7) is 4.10. The van der Waals surface area contributed by atoms with Gasteiger partial charge < -0.3 is 19.9 Å². The minimum atomic E-state index is 0.649. The molecule has 114 valence electrons. The van der Waals surface area contributed by atoms with E-state index in [0.717, 1.165) is 30.3 Å². The quantitative estimate of drug-likeness (QED) is 0.898. The van der Waals surface area contributed by atoms with Crippen LogP contribution in [0.1, 0.15) is 12.1 Å². The maximum atomic E-state index is 5.80. The maximum Gasteiger partial charge on any atom is 0.150 e. The lowest BCUT2D eigenvalue weighted by atomic mass is 10.1. The van der Waals surface area contributed by atoms with Crippen molar-refractivity contribution in [2.45, 2.75) is 12.8 Å². The van der Waals surface area contributed by atoms with Crippen molar-refractivity contribution in [3.8, 4) is 0 Å². The van der Waals surface area contributed by atoms with Gasteiger partial charge in [-0.25, -0.2) is 4.98 Å². The Balaban J connectivity index is 1.86. The van der Waals surface area contributed by atoms with Crippen LogP contribution < -0.4 is 10.6 Å². The Morgan fingerprint density at radius 1 is 1.43 bits per heavy atom. The largest absolute Gasteiger partial charge is 0.358 e. The normalized spacial score (nSPS) is 19.5. The van der Waals surface area contributed by atoms with E-state index in [9.17, 15) is 0 Å². The molecule has 2 N–H and O–H groups in total. The third kappa shape index (κ3) is 2.89. The van der Waals surface area contributed by atoms with Crippen molar-refractivity contribution in [2.75, 3.05) is 45.2 Å². The van der Waals surface area contributed by atoms with Gasteiger partial charge in [-0.15, -0.1) is 0 Å². The fraction of sp³-hybridized carbons (Fsp3) is 0.562. The zero-order valence-electron chi connectivity index (χ0n) is 13.0. The van der Waals surface area contributed by atoms with Crippen molar-refractivity contribution in [1.82, 2.24) is 14.3 Å². The van der Waals surface area contributed by atoms with E-state index < -0.39 is 0 Å². The SMILES string of the molecule is CN1CCC(CN(C)c2nc3ccccn3c2CCN)C1. The second-order valence-corrected chi connectivity index (χ2v) is 6.15. The highest BCUT2D eigenvalue weighted by molar-refractivity contribution is 5.55. The number of nitrogens with zero attached hydrogens (tertiary/aromatic N) is 4. The van der Waals surface area contributed by atoms with Gasteiger partial charge in [-0.2, -0.15) is 0 Å². The number of hydrogen-bond donors (Lipinski definition) is 1. The highest BCUT2D eigenvalue weighted by atomic mass is 15.2. The first-order valence-corrected chi connectivity index (χ1v) is 7.74. The molecule has 2 aromatic rings. The Labute approximate surface area is 126 Å². The summed E-state index contributed by atoms with van der Waals surface area (Å²) >= 11 is 0. The fourth-order valence-corrected chi connectivity index (χ4v) is 3.36. The van der Waals surface area contributed by atoms with Crippen LogP contribution in [0.5, 0.6) is 0 Å². The lowest BCUT2D eigenvalue weighted by Gasteiger charge is -2.22. The highest BCUT2D eigenvalue weighted by Crippen LogP contribution is 2.24. The van der Waals surface area contributed by atoms with Gasteiger partial charge in [-0.1, -0.05) is 6.07 Å². The lowest BCUT2D eigenvalue weighted by molar-refractivity contribution is 0.395. The van der Waals surface area contributed by atoms with Gasteiger partial charge in [0.05, 0.1) is 5.69 Å². The average Bonchev–Trinajstić information content (AvgIpc) is 3.04. The minimum Gasteiger partial charge on any atom is -0.358 e. The van der Waals surface area contributed by atoms with Gasteiger partial charge in [-0.3, -0.25) is 0 Å². The molecule has 2 aromatic heterocycles. The van der Waals surface area contributed by atoms with Crippen molar-refractivity contribution in [2.24, 2.45) is 11.7 Å². The molecule has 1 fully saturated rings. The molecule has 3 rings (SSSR count). The van der Waals surface area contributed by atoms with E-state index in [1.165, 1.54) is 25.2 Å². The Bertz CT molecular complexity index is 606. The van der Waals surface area contributed by atoms with Crippen molar-refractivity contribution in [3.63, 3.8) is 0 Å². The van der Waals surface area contributed by atoms with Crippen LogP contribution in [-0.2, 0) is 6.42 Å². The van der Waals surface area contributed by atoms with Gasteiger partial charge in [0.15, 0.2) is 5.82 Å². The van der Waals surface area contributed by atoms with Crippen molar-refractivity contribution < 1.29 is 0 Å². The van der Waals surface area contributed by atoms with Gasteiger partial charge in [0.1, 0.15) is 5.65 Å². The summed E-state index contributed by atoms with van der Waals surface area (Å²) in [5.74, 6) is 1.82. The number of aromatic nitrogens is 2. The fourth-order valence-electron chi connectivity index (χ4n) is 3.36. The number of hydrogen-bond acceptors (Lipinski definition) is 4. The van der Waals surface area contributed by atoms with E-state index >= 15 is 0 Å². The lowest BCUT2D eigenvalue weighted by Crippen LogP contribution is -2.28. The molecule has 1 unspecified atom stereocenters. The number of imidazole rings is 1. The third-order valence-electron chi connectivity index (χ3n) is 4.37. The first-order valence-electron chi connectivity index (χ1n) is 7.74. The molecule has 5 nitrogen and oxygen atoms in total. The van der Waals surface area contributed by atoms with Crippen LogP contribution in [0.3, 0.4) is 0 Å². The van der Waals surface area contributed by atoms with Crippen LogP contribution >= 0.6 is 0 Å². The second kappa shape index (κ2) is 6.03. The number of anilines is 1. The summed E-state index contributed by atoms with van der Waals surface area (Å²) in [4.78, 5) is 9.53. The summed E-state index contributed by atoms with van der Waals surface area (Å²) in [5.41, 5.74) is 8.03. The Morgan fingerprint density at radius 2 is 2.29 bits per heavy atom. The molecule has 1 aliphatic rings. The van der Waals surface area contributed by atoms with Crippen molar-refractivity contribution in [1.29, 1.82) is 0 Å². The predicted molar refractivity (Wildman–Crippen MR) is 86.8 cm³/mol. The molecule has 0 bridgehead atoms. The Morgan fingerprint density at radius 3 is 3.00 bits per heavy atom. The van der Waals surface area contributed by atoms with Gasteiger partial charge in [0.25, 0.3) is 0 Å². The second-order valence-electron chi connectivity index (χ2n) is 6.15. The number of pyridine rings is 1. The standard InChI is InChI=1S/C16H25N5/c1-19-10-7-13(11-19)12-20(2)16-14(6-8-17)21-9-4-3-5-15(21)18-16/h3-5,9,13H,6-8,10-12,17H2,1-2H3. The zero-order valence-corrected chi connectivity index (χ0v) is 13.0. The summed E-state index contributed by atoms with van der Waals surface area (Å²) in [6.07, 6.45) is 4.21. The van der Waals surface area contributed by atoms with E-state index in [2.05, 4.69) is 40.6 Å². The van der Waals surface area contributed by atoms with Crippen LogP contribution in [0.2, 0.25) is 0 Å². The van der Waals surface area contributed by atoms with E-state index in [1.807, 2.05) is 12.1 Å². The van der Waals surface area contributed by atoms with Crippen molar-refractivity contribution in [3.05, 3.63) is 30.1 Å².